The number of aliphatic hydroxyl groups excluding tert-OH is 1. The summed E-state index contributed by atoms with van der Waals surface area (Å²) < 4.78 is 100. The number of nitrogens with zero attached hydrogens (tertiary/aromatic N) is 6. The van der Waals surface area contributed by atoms with E-state index < -0.39 is 106 Å². The van der Waals surface area contributed by atoms with E-state index in [1.54, 1.807) is 60.9 Å². The molecule has 88 heavy (non-hydrogen) atoms. The van der Waals surface area contributed by atoms with E-state index in [0.717, 1.165) is 33.7 Å². The number of hydrogen-bond acceptors (Lipinski definition) is 19. The van der Waals surface area contributed by atoms with Crippen LogP contribution in [0, 0.1) is 28.9 Å². The maximum Gasteiger partial charge on any atom is 0.508 e. The summed E-state index contributed by atoms with van der Waals surface area (Å²) >= 11 is 0. The molecular weight excluding hydrogens is 1220 g/mol. The van der Waals surface area contributed by atoms with E-state index in [0.29, 0.717) is 44.9 Å². The Balaban J connectivity index is 0.663. The summed E-state index contributed by atoms with van der Waals surface area (Å²) in [4.78, 5) is 92.0. The third kappa shape index (κ3) is 15.7. The second-order valence-corrected chi connectivity index (χ2v) is 24.9. The second-order valence-electron chi connectivity index (χ2n) is 20.6. The first kappa shape index (κ1) is 63.9. The fraction of sp³-hybridized carbons (Fsp3) is 0.345. The molecule has 4 atom stereocenters. The number of nitrogens with one attached hydrogen (secondary N) is 4. The number of rotatable bonds is 24. The van der Waals surface area contributed by atoms with Crippen LogP contribution in [0.15, 0.2) is 102 Å². The molecule has 3 aliphatic rings. The van der Waals surface area contributed by atoms with Gasteiger partial charge in [0, 0.05) is 104 Å². The van der Waals surface area contributed by atoms with Crippen LogP contribution in [0.25, 0.3) is 33.2 Å². The number of aromatic nitrogens is 3. The van der Waals surface area contributed by atoms with Gasteiger partial charge in [-0.3, -0.25) is 38.7 Å². The average molecular weight is 1270 g/mol. The molecule has 0 radical (unpaired) electrons. The smallest absolute Gasteiger partial charge is 0.480 e. The fourth-order valence-electron chi connectivity index (χ4n) is 10.1. The molecule has 3 aromatic heterocycles. The summed E-state index contributed by atoms with van der Waals surface area (Å²) in [6.07, 6.45) is 0.171. The number of sulfonamides is 1. The Morgan fingerprint density at radius 2 is 1.70 bits per heavy atom. The summed E-state index contributed by atoms with van der Waals surface area (Å²) in [6.45, 7) is -0.741. The van der Waals surface area contributed by atoms with Gasteiger partial charge in [0.1, 0.15) is 47.5 Å². The lowest BCUT2D eigenvalue weighted by Gasteiger charge is -2.22. The highest BCUT2D eigenvalue weighted by Gasteiger charge is 2.50. The number of carbonyl (C=O) groups is 6. The van der Waals surface area contributed by atoms with Gasteiger partial charge in [-0.25, -0.2) is 35.8 Å². The lowest BCUT2D eigenvalue weighted by Crippen LogP contribution is -2.46. The molecule has 30 heteroatoms. The number of amides is 5. The normalized spacial score (nSPS) is 17.2. The van der Waals surface area contributed by atoms with Gasteiger partial charge >= 0.3 is 6.16 Å². The number of hydrogen-bond donors (Lipinski definition) is 6. The highest BCUT2D eigenvalue weighted by atomic mass is 33.1. The minimum Gasteiger partial charge on any atom is -0.480 e. The van der Waals surface area contributed by atoms with E-state index in [2.05, 4.69) is 35.6 Å². The molecule has 9 rings (SSSR count). The van der Waals surface area contributed by atoms with Crippen molar-refractivity contribution in [3.8, 4) is 34.2 Å². The van der Waals surface area contributed by atoms with Gasteiger partial charge in [0.15, 0.2) is 6.29 Å². The quantitative estimate of drug-likeness (QED) is 0.0136. The number of carbonyl (C=O) groups excluding carboxylic acids is 6. The van der Waals surface area contributed by atoms with E-state index in [4.69, 9.17) is 14.2 Å². The van der Waals surface area contributed by atoms with Crippen LogP contribution in [-0.4, -0.2) is 141 Å². The van der Waals surface area contributed by atoms with Crippen LogP contribution >= 0.6 is 21.6 Å². The summed E-state index contributed by atoms with van der Waals surface area (Å²) in [6, 6.07) is 17.6. The molecule has 462 valence electrons. The number of pyridine rings is 3. The zero-order valence-corrected chi connectivity index (χ0v) is 49.1. The molecule has 0 spiro atoms. The molecule has 0 aliphatic carbocycles. The first-order chi connectivity index (χ1) is 42.1. The largest absolute Gasteiger partial charge is 0.508 e. The van der Waals surface area contributed by atoms with Crippen LogP contribution in [0.2, 0.25) is 0 Å². The lowest BCUT2D eigenvalue weighted by molar-refractivity contribution is -0.135. The Bertz CT molecular complexity index is 3810. The number of benzene rings is 3. The number of aliphatic hydroxyl groups is 2. The second kappa shape index (κ2) is 28.0. The molecule has 2 saturated heterocycles. The summed E-state index contributed by atoms with van der Waals surface area (Å²) in [5.41, 5.74) is 5.75. The van der Waals surface area contributed by atoms with Crippen LogP contribution < -0.4 is 25.4 Å². The number of halogens is 4. The number of likely N-dealkylation sites (tertiary alicyclic amines) is 1. The zero-order valence-electron chi connectivity index (χ0n) is 46.6. The van der Waals surface area contributed by atoms with Gasteiger partial charge in [-0.1, -0.05) is 51.9 Å². The van der Waals surface area contributed by atoms with Gasteiger partial charge < -0.3 is 50.2 Å². The van der Waals surface area contributed by atoms with Gasteiger partial charge in [0.2, 0.25) is 35.4 Å². The van der Waals surface area contributed by atoms with E-state index in [1.165, 1.54) is 45.9 Å². The highest BCUT2D eigenvalue weighted by molar-refractivity contribution is 8.76. The molecule has 0 saturated carbocycles. The lowest BCUT2D eigenvalue weighted by atomic mass is 9.98. The van der Waals surface area contributed by atoms with Crippen LogP contribution in [0.4, 0.5) is 28.0 Å². The SMILES string of the molecule is COc1ncc(-c2ccc3nccc(-c4ccc(COC(=O)OCCSSCC(NC(=O)CCC(=O)NCc5cccc6c5CN(C(=O)CC5C[C@@H](C(=O)N7CC(F)(F)C[C@H]7C#N)NC5=O)C6)C(O)O)nc4)c3c2)cc1NS(=O)(=O)c1ccc(F)cc1F. The molecule has 3 aliphatic heterocycles. The maximum absolute atomic E-state index is 14.5. The van der Waals surface area contributed by atoms with Crippen molar-refractivity contribution in [1.82, 2.24) is 40.7 Å². The minimum atomic E-state index is -4.53. The van der Waals surface area contributed by atoms with Crippen molar-refractivity contribution < 1.29 is 79.2 Å². The van der Waals surface area contributed by atoms with Gasteiger partial charge in [0.25, 0.3) is 15.9 Å². The third-order valence-corrected chi connectivity index (χ3v) is 18.4. The van der Waals surface area contributed by atoms with Gasteiger partial charge in [-0.2, -0.15) is 5.26 Å². The van der Waals surface area contributed by atoms with E-state index in [9.17, 15) is 70.2 Å². The Hall–Kier alpha value is -8.63. The monoisotopic (exact) mass is 1270 g/mol. The van der Waals surface area contributed by atoms with Gasteiger partial charge in [0.05, 0.1) is 37.0 Å². The molecule has 2 fully saturated rings. The molecule has 0 bridgehead atoms. The van der Waals surface area contributed by atoms with Crippen LogP contribution in [0.3, 0.4) is 0 Å². The number of fused-ring (bicyclic) bond motifs is 2. The van der Waals surface area contributed by atoms with Crippen molar-refractivity contribution in [3.05, 3.63) is 131 Å². The number of nitriles is 1. The summed E-state index contributed by atoms with van der Waals surface area (Å²) in [5.74, 6) is -8.92. The molecule has 3 aromatic carbocycles. The van der Waals surface area contributed by atoms with E-state index in [1.807, 2.05) is 12.1 Å². The molecule has 6 heterocycles. The highest BCUT2D eigenvalue weighted by Crippen LogP contribution is 2.37. The predicted octanol–water partition coefficient (Wildman–Crippen LogP) is 5.87. The summed E-state index contributed by atoms with van der Waals surface area (Å²) in [7, 11) is -0.846. The molecule has 2 unspecified atom stereocenters. The van der Waals surface area contributed by atoms with Crippen molar-refractivity contribution in [2.24, 2.45) is 5.92 Å². The van der Waals surface area contributed by atoms with E-state index >= 15 is 0 Å². The van der Waals surface area contributed by atoms with Gasteiger partial charge in [-0.05, 0) is 76.7 Å². The first-order valence-corrected chi connectivity index (χ1v) is 31.1. The first-order valence-electron chi connectivity index (χ1n) is 27.2. The minimum absolute atomic E-state index is 0.0415. The molecule has 6 aromatic rings. The van der Waals surface area contributed by atoms with Crippen LogP contribution in [-0.2, 0) is 69.7 Å². The van der Waals surface area contributed by atoms with E-state index in [-0.39, 0.29) is 87.5 Å². The predicted molar refractivity (Wildman–Crippen MR) is 310 cm³/mol. The Morgan fingerprint density at radius 3 is 2.45 bits per heavy atom. The standard InChI is InChI=1S/C58H56F4N10O13S3/c1-83-54-46(70-88(81,82)49-10-7-38(59)21-44(49)60)19-37(26-67-54)32-6-9-45-42(17-32)41(13-14-64-45)34-5-8-39(65-24-34)29-85-57(80)84-15-16-86-87-30-48(56(78)79)68-51(74)12-11-50(73)66-25-33-3-2-4-35-27-71(28-43(33)35)52(75)20-36-18-47(69-53(36)76)55(77)72-31-58(61,62)22-40(72)23-63/h2-10,13-14,17,19,21,24,26,36,40,47-48,56,70,78-79H,11-12,15-16,18,20,22,25,27-31H2,1H3,(H,66,73)(H,68,74)(H,69,76)/t36?,40-,47-,48?/m0/s1. The Labute approximate surface area is 508 Å². The number of alkyl halides is 2. The van der Waals surface area contributed by atoms with Crippen molar-refractivity contribution in [2.75, 3.05) is 36.5 Å². The summed E-state index contributed by atoms with van der Waals surface area (Å²) in [5, 5.41) is 37.7. The Morgan fingerprint density at radius 1 is 0.920 bits per heavy atom. The fourth-order valence-corrected chi connectivity index (χ4v) is 13.3. The average Bonchev–Trinajstić information content (AvgIpc) is 1.64. The van der Waals surface area contributed by atoms with Crippen LogP contribution in [0.1, 0.15) is 54.5 Å². The van der Waals surface area contributed by atoms with Crippen molar-refractivity contribution >= 4 is 83.9 Å². The van der Waals surface area contributed by atoms with Crippen molar-refractivity contribution in [3.63, 3.8) is 0 Å². The number of anilines is 1. The van der Waals surface area contributed by atoms with Crippen molar-refractivity contribution in [1.29, 1.82) is 5.26 Å². The molecular formula is C58H56F4N10O13S3. The third-order valence-electron chi connectivity index (χ3n) is 14.6. The molecule has 6 N–H and O–H groups in total. The topological polar surface area (TPSA) is 322 Å². The Kier molecular flexibility index (Phi) is 20.3. The number of ether oxygens (including phenoxy) is 3. The van der Waals surface area contributed by atoms with Crippen molar-refractivity contribution in [2.45, 2.75) is 93.6 Å². The zero-order chi connectivity index (χ0) is 62.9. The van der Waals surface area contributed by atoms with Gasteiger partial charge in [-0.15, -0.1) is 0 Å². The number of methoxy groups -OCH3 is 1. The molecule has 23 nitrogen and oxygen atoms in total. The van der Waals surface area contributed by atoms with Crippen LogP contribution in [0.5, 0.6) is 5.88 Å². The molecule has 5 amide bonds. The maximum atomic E-state index is 14.5.